The lowest BCUT2D eigenvalue weighted by Crippen LogP contribution is -2.52. The van der Waals surface area contributed by atoms with Crippen LogP contribution in [0.3, 0.4) is 0 Å². The third-order valence-electron chi connectivity index (χ3n) is 4.81. The maximum atomic E-state index is 5.75. The van der Waals surface area contributed by atoms with Crippen molar-refractivity contribution in [2.45, 2.75) is 46.7 Å². The van der Waals surface area contributed by atoms with Crippen molar-refractivity contribution in [3.63, 3.8) is 0 Å². The van der Waals surface area contributed by atoms with Gasteiger partial charge in [-0.05, 0) is 25.3 Å². The molecule has 1 aliphatic rings. The highest BCUT2D eigenvalue weighted by molar-refractivity contribution is 5.79. The van der Waals surface area contributed by atoms with Gasteiger partial charge in [-0.25, -0.2) is 9.98 Å². The molecule has 1 saturated heterocycles. The van der Waals surface area contributed by atoms with E-state index >= 15 is 0 Å². The van der Waals surface area contributed by atoms with Gasteiger partial charge in [0, 0.05) is 44.0 Å². The number of rotatable bonds is 10. The summed E-state index contributed by atoms with van der Waals surface area (Å²) in [6.45, 7) is 15.2. The van der Waals surface area contributed by atoms with Gasteiger partial charge in [-0.1, -0.05) is 26.8 Å². The second-order valence-electron chi connectivity index (χ2n) is 7.35. The summed E-state index contributed by atoms with van der Waals surface area (Å²) >= 11 is 0. The van der Waals surface area contributed by atoms with E-state index in [2.05, 4.69) is 48.2 Å². The molecule has 0 saturated carbocycles. The average molecular weight is 392 g/mol. The van der Waals surface area contributed by atoms with Gasteiger partial charge in [-0.15, -0.1) is 0 Å². The SMILES string of the molecule is CCCOc1ncccc1CN=C(NCC)NCC(C(C)C)N1CCOCC1. The minimum atomic E-state index is 0.453. The fraction of sp³-hybridized carbons (Fsp3) is 0.714. The zero-order valence-corrected chi connectivity index (χ0v) is 17.9. The molecule has 7 heteroatoms. The van der Waals surface area contributed by atoms with Crippen LogP contribution in [0.15, 0.2) is 23.3 Å². The molecule has 158 valence electrons. The molecule has 1 fully saturated rings. The Morgan fingerprint density at radius 2 is 2.07 bits per heavy atom. The van der Waals surface area contributed by atoms with Gasteiger partial charge in [0.2, 0.25) is 5.88 Å². The first-order chi connectivity index (χ1) is 13.7. The van der Waals surface area contributed by atoms with Crippen molar-refractivity contribution in [3.8, 4) is 5.88 Å². The summed E-state index contributed by atoms with van der Waals surface area (Å²) in [5.74, 6) is 2.06. The molecule has 0 bridgehead atoms. The molecule has 1 unspecified atom stereocenters. The second kappa shape index (κ2) is 12.6. The lowest BCUT2D eigenvalue weighted by Gasteiger charge is -2.37. The lowest BCUT2D eigenvalue weighted by molar-refractivity contribution is 0.00752. The van der Waals surface area contributed by atoms with E-state index in [1.165, 1.54) is 0 Å². The van der Waals surface area contributed by atoms with Crippen molar-refractivity contribution in [3.05, 3.63) is 23.9 Å². The summed E-state index contributed by atoms with van der Waals surface area (Å²) in [6.07, 6.45) is 2.72. The van der Waals surface area contributed by atoms with Crippen LogP contribution in [0.2, 0.25) is 0 Å². The highest BCUT2D eigenvalue weighted by Crippen LogP contribution is 2.16. The number of ether oxygens (including phenoxy) is 2. The number of pyridine rings is 1. The molecule has 0 spiro atoms. The summed E-state index contributed by atoms with van der Waals surface area (Å²) in [5.41, 5.74) is 1.00. The highest BCUT2D eigenvalue weighted by atomic mass is 16.5. The topological polar surface area (TPSA) is 71.0 Å². The van der Waals surface area contributed by atoms with Crippen molar-refractivity contribution < 1.29 is 9.47 Å². The van der Waals surface area contributed by atoms with Crippen LogP contribution < -0.4 is 15.4 Å². The Labute approximate surface area is 169 Å². The first kappa shape index (κ1) is 22.4. The van der Waals surface area contributed by atoms with Crippen LogP contribution in [0.1, 0.15) is 39.7 Å². The Bertz CT molecular complexity index is 588. The van der Waals surface area contributed by atoms with Crippen LogP contribution in [0.5, 0.6) is 5.88 Å². The molecule has 1 aromatic heterocycles. The summed E-state index contributed by atoms with van der Waals surface area (Å²) in [5, 5.41) is 6.87. The lowest BCUT2D eigenvalue weighted by atomic mass is 10.0. The fourth-order valence-corrected chi connectivity index (χ4v) is 3.28. The van der Waals surface area contributed by atoms with Gasteiger partial charge in [0.15, 0.2) is 5.96 Å². The van der Waals surface area contributed by atoms with E-state index in [-0.39, 0.29) is 0 Å². The fourth-order valence-electron chi connectivity index (χ4n) is 3.28. The van der Waals surface area contributed by atoms with E-state index in [0.717, 1.165) is 57.3 Å². The van der Waals surface area contributed by atoms with E-state index in [9.17, 15) is 0 Å². The number of hydrogen-bond donors (Lipinski definition) is 2. The second-order valence-corrected chi connectivity index (χ2v) is 7.35. The molecule has 1 atom stereocenters. The quantitative estimate of drug-likeness (QED) is 0.471. The van der Waals surface area contributed by atoms with E-state index in [0.29, 0.717) is 31.0 Å². The molecule has 2 N–H and O–H groups in total. The van der Waals surface area contributed by atoms with E-state index in [1.54, 1.807) is 6.20 Å². The Morgan fingerprint density at radius 1 is 1.29 bits per heavy atom. The van der Waals surface area contributed by atoms with Crippen molar-refractivity contribution in [2.24, 2.45) is 10.9 Å². The molecule has 2 rings (SSSR count). The summed E-state index contributed by atoms with van der Waals surface area (Å²) in [4.78, 5) is 11.6. The molecule has 1 aromatic rings. The van der Waals surface area contributed by atoms with Crippen molar-refractivity contribution in [1.29, 1.82) is 0 Å². The predicted molar refractivity (Wildman–Crippen MR) is 114 cm³/mol. The zero-order valence-electron chi connectivity index (χ0n) is 17.9. The standard InChI is InChI=1S/C21H37N5O2/c1-5-12-28-20-18(8-7-9-23-20)15-24-21(22-6-2)25-16-19(17(3)4)26-10-13-27-14-11-26/h7-9,17,19H,5-6,10-16H2,1-4H3,(H2,22,24,25). The Hall–Kier alpha value is -1.86. The van der Waals surface area contributed by atoms with Gasteiger partial charge in [-0.3, -0.25) is 4.90 Å². The predicted octanol–water partition coefficient (Wildman–Crippen LogP) is 2.28. The zero-order chi connectivity index (χ0) is 20.2. The molecule has 1 aliphatic heterocycles. The normalized spacial score (nSPS) is 16.8. The summed E-state index contributed by atoms with van der Waals surface area (Å²) in [7, 11) is 0. The number of aliphatic imine (C=N–C) groups is 1. The Morgan fingerprint density at radius 3 is 2.75 bits per heavy atom. The number of guanidine groups is 1. The highest BCUT2D eigenvalue weighted by Gasteiger charge is 2.23. The van der Waals surface area contributed by atoms with Gasteiger partial charge < -0.3 is 20.1 Å². The minimum absolute atomic E-state index is 0.453. The summed E-state index contributed by atoms with van der Waals surface area (Å²) in [6, 6.07) is 4.40. The van der Waals surface area contributed by atoms with Gasteiger partial charge in [0.05, 0.1) is 26.4 Å². The van der Waals surface area contributed by atoms with Crippen LogP contribution in [-0.4, -0.2) is 67.9 Å². The van der Waals surface area contributed by atoms with E-state index in [4.69, 9.17) is 14.5 Å². The monoisotopic (exact) mass is 391 g/mol. The molecular weight excluding hydrogens is 354 g/mol. The minimum Gasteiger partial charge on any atom is -0.477 e. The van der Waals surface area contributed by atoms with Gasteiger partial charge >= 0.3 is 0 Å². The Balaban J connectivity index is 1.99. The molecule has 28 heavy (non-hydrogen) atoms. The van der Waals surface area contributed by atoms with Crippen molar-refractivity contribution in [2.75, 3.05) is 46.0 Å². The average Bonchev–Trinajstić information content (AvgIpc) is 2.71. The molecule has 2 heterocycles. The first-order valence-corrected chi connectivity index (χ1v) is 10.6. The molecule has 0 amide bonds. The third-order valence-corrected chi connectivity index (χ3v) is 4.81. The van der Waals surface area contributed by atoms with Gasteiger partial charge in [-0.2, -0.15) is 0 Å². The molecule has 7 nitrogen and oxygen atoms in total. The van der Waals surface area contributed by atoms with Gasteiger partial charge in [0.25, 0.3) is 0 Å². The van der Waals surface area contributed by atoms with Crippen molar-refractivity contribution in [1.82, 2.24) is 20.5 Å². The van der Waals surface area contributed by atoms with Crippen LogP contribution in [0.4, 0.5) is 0 Å². The Kier molecular flexibility index (Phi) is 10.1. The number of nitrogens with one attached hydrogen (secondary N) is 2. The number of aromatic nitrogens is 1. The number of morpholine rings is 1. The molecular formula is C21H37N5O2. The van der Waals surface area contributed by atoms with Crippen LogP contribution >= 0.6 is 0 Å². The maximum Gasteiger partial charge on any atom is 0.218 e. The van der Waals surface area contributed by atoms with Crippen molar-refractivity contribution >= 4 is 5.96 Å². The maximum absolute atomic E-state index is 5.75. The molecule has 0 aliphatic carbocycles. The van der Waals surface area contributed by atoms with E-state index in [1.807, 2.05) is 12.1 Å². The molecule has 0 aromatic carbocycles. The number of hydrogen-bond acceptors (Lipinski definition) is 5. The van der Waals surface area contributed by atoms with E-state index < -0.39 is 0 Å². The van der Waals surface area contributed by atoms with Crippen LogP contribution in [0, 0.1) is 5.92 Å². The molecule has 0 radical (unpaired) electrons. The third kappa shape index (κ3) is 7.28. The smallest absolute Gasteiger partial charge is 0.218 e. The van der Waals surface area contributed by atoms with Gasteiger partial charge in [0.1, 0.15) is 0 Å². The largest absolute Gasteiger partial charge is 0.477 e. The number of nitrogens with zero attached hydrogens (tertiary/aromatic N) is 3. The van der Waals surface area contributed by atoms with Crippen LogP contribution in [-0.2, 0) is 11.3 Å². The van der Waals surface area contributed by atoms with Crippen LogP contribution in [0.25, 0.3) is 0 Å². The summed E-state index contributed by atoms with van der Waals surface area (Å²) < 4.78 is 11.3. The first-order valence-electron chi connectivity index (χ1n) is 10.6.